The van der Waals surface area contributed by atoms with Crippen LogP contribution < -0.4 is 10.2 Å². The summed E-state index contributed by atoms with van der Waals surface area (Å²) in [4.78, 5) is 23.0. The number of anilines is 2. The summed E-state index contributed by atoms with van der Waals surface area (Å²) >= 11 is 0. The minimum atomic E-state index is -0.500. The molecule has 2 aliphatic rings. The van der Waals surface area contributed by atoms with Gasteiger partial charge >= 0.3 is 6.09 Å². The van der Waals surface area contributed by atoms with Gasteiger partial charge in [-0.05, 0) is 82.6 Å². The average molecular weight is 555 g/mol. The van der Waals surface area contributed by atoms with Crippen LogP contribution >= 0.6 is 0 Å². The summed E-state index contributed by atoms with van der Waals surface area (Å²) in [5, 5.41) is 3.51. The molecular formula is C33H42N6O2. The van der Waals surface area contributed by atoms with Gasteiger partial charge < -0.3 is 19.2 Å². The van der Waals surface area contributed by atoms with E-state index in [1.165, 1.54) is 16.8 Å². The van der Waals surface area contributed by atoms with Crippen LogP contribution in [0.25, 0.3) is 0 Å². The molecule has 6 rings (SSSR count). The molecule has 2 aliphatic heterocycles. The second-order valence-corrected chi connectivity index (χ2v) is 12.3. The predicted molar refractivity (Wildman–Crippen MR) is 163 cm³/mol. The Morgan fingerprint density at radius 1 is 0.878 bits per heavy atom. The number of aryl methyl sites for hydroxylation is 2. The molecule has 2 atom stereocenters. The van der Waals surface area contributed by atoms with Crippen LogP contribution in [0.3, 0.4) is 0 Å². The number of benzene rings is 2. The minimum Gasteiger partial charge on any atom is -0.443 e. The molecule has 2 aromatic carbocycles. The van der Waals surface area contributed by atoms with Gasteiger partial charge in [0, 0.05) is 44.3 Å². The summed E-state index contributed by atoms with van der Waals surface area (Å²) in [6.07, 6.45) is 9.76. The molecule has 4 aromatic rings. The van der Waals surface area contributed by atoms with Crippen molar-refractivity contribution in [3.63, 3.8) is 0 Å². The van der Waals surface area contributed by atoms with Crippen molar-refractivity contribution in [2.24, 2.45) is 11.8 Å². The molecule has 0 bridgehead atoms. The molecule has 0 aliphatic carbocycles. The maximum atomic E-state index is 12.7. The highest BCUT2D eigenvalue weighted by Crippen LogP contribution is 2.31. The number of nitrogens with one attached hydrogen (secondary N) is 1. The zero-order chi connectivity index (χ0) is 29.0. The largest absolute Gasteiger partial charge is 0.443 e. The third-order valence-corrected chi connectivity index (χ3v) is 7.42. The van der Waals surface area contributed by atoms with Crippen LogP contribution in [0.1, 0.15) is 43.3 Å². The van der Waals surface area contributed by atoms with Gasteiger partial charge in [-0.3, -0.25) is 4.90 Å². The van der Waals surface area contributed by atoms with E-state index in [9.17, 15) is 4.79 Å². The lowest BCUT2D eigenvalue weighted by atomic mass is 9.92. The number of para-hydroxylation sites is 2. The normalized spacial score (nSPS) is 17.9. The third kappa shape index (κ3) is 7.57. The summed E-state index contributed by atoms with van der Waals surface area (Å²) in [7, 11) is 0. The molecule has 0 saturated carbocycles. The van der Waals surface area contributed by atoms with Crippen LogP contribution in [0.2, 0.25) is 0 Å². The molecule has 2 unspecified atom stereocenters. The van der Waals surface area contributed by atoms with Gasteiger partial charge in [-0.25, -0.2) is 14.8 Å². The average Bonchev–Trinajstić information content (AvgIpc) is 3.54. The summed E-state index contributed by atoms with van der Waals surface area (Å²) in [5.41, 5.74) is 6.48. The van der Waals surface area contributed by atoms with Crippen molar-refractivity contribution >= 4 is 17.5 Å². The fraction of sp³-hybridized carbons (Fsp3) is 0.424. The van der Waals surface area contributed by atoms with E-state index in [2.05, 4.69) is 60.9 Å². The Morgan fingerprint density at radius 3 is 2.10 bits per heavy atom. The van der Waals surface area contributed by atoms with Gasteiger partial charge in [0.25, 0.3) is 0 Å². The van der Waals surface area contributed by atoms with Crippen molar-refractivity contribution < 1.29 is 9.53 Å². The number of nitrogens with zero attached hydrogens (tertiary/aromatic N) is 5. The van der Waals surface area contributed by atoms with Crippen molar-refractivity contribution in [2.45, 2.75) is 66.2 Å². The molecule has 0 spiro atoms. The van der Waals surface area contributed by atoms with Gasteiger partial charge in [-0.1, -0.05) is 36.4 Å². The lowest BCUT2D eigenvalue weighted by Gasteiger charge is -2.35. The van der Waals surface area contributed by atoms with E-state index >= 15 is 0 Å². The number of aromatic nitrogens is 4. The summed E-state index contributed by atoms with van der Waals surface area (Å²) in [6.45, 7) is 13.3. The SMILES string of the molecule is Cc1cn(CC2CNc3ccccc3C2)cn1.Cc1cn(CC2Cc3ccccc3N(C(=O)OC(C)(C)C)C2)cn1. The van der Waals surface area contributed by atoms with Gasteiger partial charge in [0.2, 0.25) is 0 Å². The molecule has 1 amide bonds. The van der Waals surface area contributed by atoms with Crippen LogP contribution in [0.15, 0.2) is 73.6 Å². The topological polar surface area (TPSA) is 77.2 Å². The highest BCUT2D eigenvalue weighted by atomic mass is 16.6. The number of carbonyl (C=O) groups excluding carboxylic acids is 1. The lowest BCUT2D eigenvalue weighted by molar-refractivity contribution is 0.0570. The zero-order valence-electron chi connectivity index (χ0n) is 24.9. The van der Waals surface area contributed by atoms with Crippen LogP contribution in [0.5, 0.6) is 0 Å². The first kappa shape index (κ1) is 28.5. The van der Waals surface area contributed by atoms with Gasteiger partial charge in [-0.15, -0.1) is 0 Å². The van der Waals surface area contributed by atoms with Crippen LogP contribution in [-0.4, -0.2) is 43.9 Å². The summed E-state index contributed by atoms with van der Waals surface area (Å²) in [5.74, 6) is 0.986. The quantitative estimate of drug-likeness (QED) is 0.321. The van der Waals surface area contributed by atoms with E-state index in [1.54, 1.807) is 4.90 Å². The first-order valence-electron chi connectivity index (χ1n) is 14.5. The number of hydrogen-bond donors (Lipinski definition) is 1. The molecule has 8 nitrogen and oxygen atoms in total. The molecular weight excluding hydrogens is 512 g/mol. The van der Waals surface area contributed by atoms with Crippen molar-refractivity contribution in [1.29, 1.82) is 0 Å². The van der Waals surface area contributed by atoms with Gasteiger partial charge in [0.05, 0.1) is 29.7 Å². The van der Waals surface area contributed by atoms with Crippen LogP contribution in [-0.2, 0) is 30.7 Å². The highest BCUT2D eigenvalue weighted by Gasteiger charge is 2.31. The fourth-order valence-corrected chi connectivity index (χ4v) is 5.67. The summed E-state index contributed by atoms with van der Waals surface area (Å²) in [6, 6.07) is 16.7. The number of ether oxygens (including phenoxy) is 1. The Kier molecular flexibility index (Phi) is 8.47. The predicted octanol–water partition coefficient (Wildman–Crippen LogP) is 6.28. The van der Waals surface area contributed by atoms with E-state index in [-0.39, 0.29) is 6.09 Å². The second-order valence-electron chi connectivity index (χ2n) is 12.3. The molecule has 2 aromatic heterocycles. The maximum absolute atomic E-state index is 12.7. The second kappa shape index (κ2) is 12.2. The standard InChI is InChI=1S/C19H25N3O2.C14H17N3/c1-14-10-21(13-20-14)11-15-9-16-7-5-6-8-17(16)22(12-15)18(23)24-19(2,3)4;1-11-8-17(10-16-11)9-12-6-13-4-2-3-5-14(13)15-7-12/h5-8,10,13,15H,9,11-12H2,1-4H3;2-5,8,10,12,15H,6-7,9H2,1H3. The molecule has 0 fully saturated rings. The van der Waals surface area contributed by atoms with Crippen LogP contribution in [0, 0.1) is 25.7 Å². The Labute approximate surface area is 243 Å². The molecule has 216 valence electrons. The molecule has 0 saturated heterocycles. The Bertz CT molecular complexity index is 1470. The van der Waals surface area contributed by atoms with Crippen LogP contribution in [0.4, 0.5) is 16.2 Å². The van der Waals surface area contributed by atoms with E-state index in [4.69, 9.17) is 4.74 Å². The Morgan fingerprint density at radius 2 is 1.46 bits per heavy atom. The van der Waals surface area contributed by atoms with Gasteiger partial charge in [-0.2, -0.15) is 0 Å². The van der Waals surface area contributed by atoms with Crippen molar-refractivity contribution in [1.82, 2.24) is 19.1 Å². The van der Waals surface area contributed by atoms with Gasteiger partial charge in [0.15, 0.2) is 0 Å². The number of hydrogen-bond acceptors (Lipinski definition) is 5. The zero-order valence-corrected chi connectivity index (χ0v) is 24.9. The number of rotatable bonds is 4. The molecule has 1 N–H and O–H groups in total. The number of fused-ring (bicyclic) bond motifs is 2. The highest BCUT2D eigenvalue weighted by molar-refractivity contribution is 5.89. The molecule has 0 radical (unpaired) electrons. The van der Waals surface area contributed by atoms with E-state index in [0.29, 0.717) is 18.4 Å². The molecule has 41 heavy (non-hydrogen) atoms. The third-order valence-electron chi connectivity index (χ3n) is 7.42. The Balaban J connectivity index is 0.000000174. The maximum Gasteiger partial charge on any atom is 0.414 e. The first-order chi connectivity index (χ1) is 19.6. The minimum absolute atomic E-state index is 0.276. The molecule has 4 heterocycles. The monoisotopic (exact) mass is 554 g/mol. The number of carbonyl (C=O) groups is 1. The fourth-order valence-electron chi connectivity index (χ4n) is 5.67. The van der Waals surface area contributed by atoms with Crippen molar-refractivity contribution in [2.75, 3.05) is 23.3 Å². The van der Waals surface area contributed by atoms with E-state index in [0.717, 1.165) is 49.6 Å². The number of imidazole rings is 2. The lowest BCUT2D eigenvalue weighted by Crippen LogP contribution is -2.43. The Hall–Kier alpha value is -4.07. The van der Waals surface area contributed by atoms with Crippen molar-refractivity contribution in [3.8, 4) is 0 Å². The summed E-state index contributed by atoms with van der Waals surface area (Å²) < 4.78 is 9.89. The van der Waals surface area contributed by atoms with E-state index < -0.39 is 5.60 Å². The first-order valence-corrected chi connectivity index (χ1v) is 14.5. The van der Waals surface area contributed by atoms with Crippen molar-refractivity contribution in [3.05, 3.63) is 96.1 Å². The van der Waals surface area contributed by atoms with Gasteiger partial charge in [0.1, 0.15) is 5.60 Å². The van der Waals surface area contributed by atoms with E-state index in [1.807, 2.05) is 71.7 Å². The number of amides is 1. The molecule has 8 heteroatoms. The smallest absolute Gasteiger partial charge is 0.414 e.